The predicted octanol–water partition coefficient (Wildman–Crippen LogP) is 3.94. The van der Waals surface area contributed by atoms with E-state index in [9.17, 15) is 18.3 Å². The smallest absolute Gasteiger partial charge is 0.416 e. The highest BCUT2D eigenvalue weighted by molar-refractivity contribution is 5.84. The summed E-state index contributed by atoms with van der Waals surface area (Å²) in [6.07, 6.45) is -0.609. The Morgan fingerprint density at radius 1 is 1.24 bits per heavy atom. The lowest BCUT2D eigenvalue weighted by Crippen LogP contribution is -2.40. The van der Waals surface area contributed by atoms with Gasteiger partial charge in [0.05, 0.1) is 5.56 Å². The second-order valence-corrected chi connectivity index (χ2v) is 7.57. The first-order valence-electron chi connectivity index (χ1n) is 9.44. The molecule has 0 saturated carbocycles. The molecule has 0 unspecified atom stereocenters. The number of phenolic OH excluding ortho intramolecular Hbond substituents is 1. The molecule has 1 aromatic carbocycles. The second kappa shape index (κ2) is 7.22. The van der Waals surface area contributed by atoms with Gasteiger partial charge in [-0.05, 0) is 63.2 Å². The number of likely N-dealkylation sites (tertiary alicyclic amines) is 1. The molecule has 0 radical (unpaired) electrons. The van der Waals surface area contributed by atoms with Crippen molar-refractivity contribution in [3.63, 3.8) is 0 Å². The zero-order valence-corrected chi connectivity index (χ0v) is 16.2. The van der Waals surface area contributed by atoms with E-state index < -0.39 is 17.5 Å². The third-order valence-electron chi connectivity index (χ3n) is 5.30. The van der Waals surface area contributed by atoms with Crippen molar-refractivity contribution in [2.24, 2.45) is 0 Å². The molecule has 29 heavy (non-hydrogen) atoms. The van der Waals surface area contributed by atoms with Crippen molar-refractivity contribution in [3.05, 3.63) is 41.6 Å². The zero-order valence-electron chi connectivity index (χ0n) is 16.2. The number of nitrogens with zero attached hydrogens (tertiary/aromatic N) is 4. The van der Waals surface area contributed by atoms with Crippen LogP contribution in [0.25, 0.3) is 16.8 Å². The van der Waals surface area contributed by atoms with Crippen molar-refractivity contribution in [1.82, 2.24) is 19.5 Å². The number of anilines is 1. The van der Waals surface area contributed by atoms with Crippen LogP contribution < -0.4 is 5.32 Å². The van der Waals surface area contributed by atoms with Crippen LogP contribution in [0, 0.1) is 6.92 Å². The fourth-order valence-corrected chi connectivity index (χ4v) is 3.96. The molecule has 1 aliphatic heterocycles. The Labute approximate surface area is 166 Å². The number of pyridine rings is 1. The van der Waals surface area contributed by atoms with Gasteiger partial charge in [0.15, 0.2) is 5.65 Å². The maximum Gasteiger partial charge on any atom is 0.416 e. The number of phenols is 1. The van der Waals surface area contributed by atoms with E-state index >= 15 is 0 Å². The number of nitrogens with one attached hydrogen (secondary N) is 1. The summed E-state index contributed by atoms with van der Waals surface area (Å²) in [7, 11) is 2.07. The quantitative estimate of drug-likeness (QED) is 0.691. The molecule has 4 rings (SSSR count). The molecule has 3 heterocycles. The number of hydrogen-bond acceptors (Lipinski definition) is 5. The van der Waals surface area contributed by atoms with Gasteiger partial charge in [-0.15, -0.1) is 10.2 Å². The Kier molecular flexibility index (Phi) is 4.85. The van der Waals surface area contributed by atoms with E-state index in [1.54, 1.807) is 29.7 Å². The molecule has 3 aromatic rings. The molecule has 1 fully saturated rings. The largest absolute Gasteiger partial charge is 0.507 e. The fourth-order valence-electron chi connectivity index (χ4n) is 3.96. The number of hydrogen-bond donors (Lipinski definition) is 2. The Balaban J connectivity index is 1.74. The third kappa shape index (κ3) is 3.74. The highest BCUT2D eigenvalue weighted by atomic mass is 19.4. The molecule has 2 aromatic heterocycles. The van der Waals surface area contributed by atoms with E-state index in [0.29, 0.717) is 28.3 Å². The Morgan fingerprint density at radius 2 is 2.03 bits per heavy atom. The van der Waals surface area contributed by atoms with Gasteiger partial charge in [-0.3, -0.25) is 4.40 Å². The van der Waals surface area contributed by atoms with Gasteiger partial charge in [-0.1, -0.05) is 0 Å². The zero-order chi connectivity index (χ0) is 20.8. The number of aromatic nitrogens is 3. The maximum absolute atomic E-state index is 13.0. The SMILES string of the molecule is Cc1cc(C(F)(F)F)cc(O)c1-c1cccn2c(N[C@@H]3CCCN(C)C3)nnc12. The number of likely N-dealkylation sites (N-methyl/N-ethyl adjacent to an activating group) is 1. The van der Waals surface area contributed by atoms with E-state index in [1.807, 2.05) is 0 Å². The summed E-state index contributed by atoms with van der Waals surface area (Å²) >= 11 is 0. The van der Waals surface area contributed by atoms with E-state index in [4.69, 9.17) is 0 Å². The van der Waals surface area contributed by atoms with Crippen LogP contribution in [0.3, 0.4) is 0 Å². The van der Waals surface area contributed by atoms with Gasteiger partial charge in [-0.2, -0.15) is 13.2 Å². The first-order chi connectivity index (χ1) is 13.7. The summed E-state index contributed by atoms with van der Waals surface area (Å²) in [5.41, 5.74) is 0.750. The normalized spacial score (nSPS) is 18.3. The monoisotopic (exact) mass is 405 g/mol. The van der Waals surface area contributed by atoms with Crippen LogP contribution in [0.5, 0.6) is 5.75 Å². The lowest BCUT2D eigenvalue weighted by molar-refractivity contribution is -0.137. The number of halogens is 3. The summed E-state index contributed by atoms with van der Waals surface area (Å²) in [6, 6.07) is 5.51. The summed E-state index contributed by atoms with van der Waals surface area (Å²) in [6.45, 7) is 3.50. The summed E-state index contributed by atoms with van der Waals surface area (Å²) in [4.78, 5) is 2.25. The Bertz CT molecular complexity index is 1020. The summed E-state index contributed by atoms with van der Waals surface area (Å²) < 4.78 is 40.9. The third-order valence-corrected chi connectivity index (χ3v) is 5.30. The van der Waals surface area contributed by atoms with Crippen LogP contribution in [0.15, 0.2) is 30.5 Å². The van der Waals surface area contributed by atoms with Crippen LogP contribution in [0.4, 0.5) is 19.1 Å². The first-order valence-corrected chi connectivity index (χ1v) is 9.44. The van der Waals surface area contributed by atoms with Crippen LogP contribution >= 0.6 is 0 Å². The minimum absolute atomic E-state index is 0.242. The number of rotatable bonds is 3. The van der Waals surface area contributed by atoms with Crippen LogP contribution in [0.2, 0.25) is 0 Å². The van der Waals surface area contributed by atoms with Crippen molar-refractivity contribution in [1.29, 1.82) is 0 Å². The van der Waals surface area contributed by atoms with Crippen molar-refractivity contribution >= 4 is 11.6 Å². The van der Waals surface area contributed by atoms with Gasteiger partial charge in [0, 0.05) is 29.9 Å². The van der Waals surface area contributed by atoms with Gasteiger partial charge in [0.25, 0.3) is 0 Å². The minimum atomic E-state index is -4.52. The molecule has 1 atom stereocenters. The molecule has 0 aliphatic carbocycles. The van der Waals surface area contributed by atoms with Gasteiger partial charge in [-0.25, -0.2) is 0 Å². The average Bonchev–Trinajstić information content (AvgIpc) is 3.04. The number of benzene rings is 1. The standard InChI is InChI=1S/C20H22F3N5O/c1-12-9-13(20(21,22)23)10-16(29)17(12)15-6-4-8-28-18(15)25-26-19(28)24-14-5-3-7-27(2)11-14/h4,6,8-10,14,29H,3,5,7,11H2,1-2H3,(H,24,26)/t14-/m1/s1. The number of alkyl halides is 3. The average molecular weight is 405 g/mol. The van der Waals surface area contributed by atoms with Gasteiger partial charge >= 0.3 is 6.18 Å². The van der Waals surface area contributed by atoms with Crippen molar-refractivity contribution in [2.45, 2.75) is 32.0 Å². The molecular formula is C20H22F3N5O. The molecule has 2 N–H and O–H groups in total. The van der Waals surface area contributed by atoms with Crippen LogP contribution in [-0.4, -0.2) is 50.8 Å². The molecule has 1 saturated heterocycles. The Hall–Kier alpha value is -2.81. The van der Waals surface area contributed by atoms with E-state index in [2.05, 4.69) is 27.5 Å². The lowest BCUT2D eigenvalue weighted by Gasteiger charge is -2.30. The molecule has 0 amide bonds. The van der Waals surface area contributed by atoms with Gasteiger partial charge in [0.2, 0.25) is 5.95 Å². The molecule has 154 valence electrons. The van der Waals surface area contributed by atoms with Crippen molar-refractivity contribution in [3.8, 4) is 16.9 Å². The Morgan fingerprint density at radius 3 is 2.72 bits per heavy atom. The highest BCUT2D eigenvalue weighted by Crippen LogP contribution is 2.40. The fraction of sp³-hybridized carbons (Fsp3) is 0.400. The second-order valence-electron chi connectivity index (χ2n) is 7.57. The number of piperidine rings is 1. The lowest BCUT2D eigenvalue weighted by atomic mass is 9.97. The highest BCUT2D eigenvalue weighted by Gasteiger charge is 2.32. The number of fused-ring (bicyclic) bond motifs is 1. The number of aryl methyl sites for hydroxylation is 1. The summed E-state index contributed by atoms with van der Waals surface area (Å²) in [5.74, 6) is 0.142. The number of aromatic hydroxyl groups is 1. The molecule has 0 spiro atoms. The van der Waals surface area contributed by atoms with Crippen molar-refractivity contribution < 1.29 is 18.3 Å². The minimum Gasteiger partial charge on any atom is -0.507 e. The summed E-state index contributed by atoms with van der Waals surface area (Å²) in [5, 5.41) is 22.2. The van der Waals surface area contributed by atoms with Crippen LogP contribution in [0.1, 0.15) is 24.0 Å². The topological polar surface area (TPSA) is 65.7 Å². The van der Waals surface area contributed by atoms with E-state index in [-0.39, 0.29) is 6.04 Å². The predicted molar refractivity (Wildman–Crippen MR) is 104 cm³/mol. The first kappa shape index (κ1) is 19.5. The molecule has 6 nitrogen and oxygen atoms in total. The van der Waals surface area contributed by atoms with Crippen LogP contribution in [-0.2, 0) is 6.18 Å². The van der Waals surface area contributed by atoms with Gasteiger partial charge < -0.3 is 15.3 Å². The molecule has 9 heteroatoms. The van der Waals surface area contributed by atoms with Gasteiger partial charge in [0.1, 0.15) is 5.75 Å². The van der Waals surface area contributed by atoms with E-state index in [1.165, 1.54) is 0 Å². The maximum atomic E-state index is 13.0. The van der Waals surface area contributed by atoms with Crippen molar-refractivity contribution in [2.75, 3.05) is 25.5 Å². The van der Waals surface area contributed by atoms with E-state index in [0.717, 1.165) is 38.1 Å². The molecular weight excluding hydrogens is 383 g/mol. The molecule has 0 bridgehead atoms. The molecule has 1 aliphatic rings.